The molecular weight excluding hydrogens is 410 g/mol. The summed E-state index contributed by atoms with van der Waals surface area (Å²) in [5.41, 5.74) is 2.23. The minimum absolute atomic E-state index is 0.00686. The van der Waals surface area contributed by atoms with Crippen molar-refractivity contribution in [1.29, 1.82) is 0 Å². The Morgan fingerprint density at radius 3 is 2.32 bits per heavy atom. The molecule has 2 aromatic carbocycles. The maximum Gasteiger partial charge on any atom is 0.234 e. The molecule has 0 saturated heterocycles. The summed E-state index contributed by atoms with van der Waals surface area (Å²) in [7, 11) is 4.05. The minimum Gasteiger partial charge on any atom is -0.325 e. The fourth-order valence-electron chi connectivity index (χ4n) is 3.30. The molecule has 1 heterocycles. The Hall–Kier alpha value is -2.97. The first kappa shape index (κ1) is 22.7. The van der Waals surface area contributed by atoms with Gasteiger partial charge in [0.1, 0.15) is 0 Å². The lowest BCUT2D eigenvalue weighted by Gasteiger charge is -2.23. The van der Waals surface area contributed by atoms with Crippen molar-refractivity contribution in [3.63, 3.8) is 0 Å². The first-order valence-electron chi connectivity index (χ1n) is 10.1. The number of nitrogens with one attached hydrogen (secondary N) is 1. The van der Waals surface area contributed by atoms with Gasteiger partial charge in [-0.05, 0) is 63.8 Å². The number of carbonyl (C=O) groups excluding carboxylic acids is 2. The molecular formula is C23H27N5O2S. The van der Waals surface area contributed by atoms with Crippen molar-refractivity contribution in [3.05, 3.63) is 66.0 Å². The Morgan fingerprint density at radius 1 is 1.06 bits per heavy atom. The number of carbonyl (C=O) groups is 2. The molecule has 162 valence electrons. The van der Waals surface area contributed by atoms with Crippen LogP contribution in [-0.4, -0.2) is 51.2 Å². The van der Waals surface area contributed by atoms with E-state index in [0.29, 0.717) is 16.4 Å². The van der Waals surface area contributed by atoms with E-state index in [9.17, 15) is 9.59 Å². The van der Waals surface area contributed by atoms with Crippen molar-refractivity contribution in [2.45, 2.75) is 31.5 Å². The maximum atomic E-state index is 12.5. The number of anilines is 1. The van der Waals surface area contributed by atoms with Crippen LogP contribution in [0.4, 0.5) is 5.69 Å². The second-order valence-electron chi connectivity index (χ2n) is 7.37. The molecule has 8 heteroatoms. The van der Waals surface area contributed by atoms with Gasteiger partial charge in [0, 0.05) is 16.9 Å². The van der Waals surface area contributed by atoms with Crippen LogP contribution < -0.4 is 5.32 Å². The molecule has 1 atom stereocenters. The van der Waals surface area contributed by atoms with Gasteiger partial charge in [-0.3, -0.25) is 19.1 Å². The zero-order valence-electron chi connectivity index (χ0n) is 18.2. The smallest absolute Gasteiger partial charge is 0.234 e. The number of nitrogens with zero attached hydrogens (tertiary/aromatic N) is 4. The van der Waals surface area contributed by atoms with Crippen molar-refractivity contribution in [1.82, 2.24) is 19.7 Å². The Kier molecular flexibility index (Phi) is 7.59. The zero-order chi connectivity index (χ0) is 22.4. The number of hydrogen-bond donors (Lipinski definition) is 1. The lowest BCUT2D eigenvalue weighted by Crippen LogP contribution is -2.23. The molecule has 3 rings (SSSR count). The summed E-state index contributed by atoms with van der Waals surface area (Å²) in [6.45, 7) is 3.63. The fourth-order valence-corrected chi connectivity index (χ4v) is 4.06. The van der Waals surface area contributed by atoms with Crippen molar-refractivity contribution in [2.75, 3.05) is 25.2 Å². The van der Waals surface area contributed by atoms with Gasteiger partial charge in [-0.25, -0.2) is 0 Å². The molecule has 1 aromatic heterocycles. The molecule has 0 radical (unpaired) electrons. The van der Waals surface area contributed by atoms with E-state index in [0.717, 1.165) is 17.9 Å². The first-order valence-corrected chi connectivity index (χ1v) is 11.1. The Balaban J connectivity index is 1.77. The van der Waals surface area contributed by atoms with Crippen LogP contribution in [-0.2, 0) is 4.79 Å². The number of Topliss-reactive ketones (excluding diaryl/α,β-unsaturated/α-hetero) is 1. The van der Waals surface area contributed by atoms with Gasteiger partial charge in [-0.2, -0.15) is 0 Å². The molecule has 3 aromatic rings. The van der Waals surface area contributed by atoms with Crippen molar-refractivity contribution >= 4 is 29.1 Å². The number of thioether (sulfide) groups is 1. The van der Waals surface area contributed by atoms with Gasteiger partial charge >= 0.3 is 0 Å². The first-order chi connectivity index (χ1) is 14.9. The molecule has 31 heavy (non-hydrogen) atoms. The van der Waals surface area contributed by atoms with Crippen molar-refractivity contribution < 1.29 is 9.59 Å². The summed E-state index contributed by atoms with van der Waals surface area (Å²) >= 11 is 1.34. The number of benzene rings is 2. The third-order valence-corrected chi connectivity index (χ3v) is 5.82. The molecule has 1 N–H and O–H groups in total. The maximum absolute atomic E-state index is 12.5. The summed E-state index contributed by atoms with van der Waals surface area (Å²) in [4.78, 5) is 26.0. The summed E-state index contributed by atoms with van der Waals surface area (Å²) < 4.78 is 2.02. The third-order valence-electron chi connectivity index (χ3n) is 4.89. The molecule has 0 aliphatic carbocycles. The van der Waals surface area contributed by atoms with Gasteiger partial charge in [-0.15, -0.1) is 10.2 Å². The number of amides is 1. The lowest BCUT2D eigenvalue weighted by molar-refractivity contribution is -0.113. The topological polar surface area (TPSA) is 80.1 Å². The summed E-state index contributed by atoms with van der Waals surface area (Å²) in [6, 6.07) is 16.9. The monoisotopic (exact) mass is 437 g/mol. The Bertz CT molecular complexity index is 1030. The molecule has 7 nitrogen and oxygen atoms in total. The number of hydrogen-bond acceptors (Lipinski definition) is 6. The van der Waals surface area contributed by atoms with Crippen LogP contribution in [0.15, 0.2) is 59.8 Å². The van der Waals surface area contributed by atoms with Crippen molar-refractivity contribution in [3.8, 4) is 5.69 Å². The Morgan fingerprint density at radius 2 is 1.74 bits per heavy atom. The van der Waals surface area contributed by atoms with Crippen LogP contribution in [0, 0.1) is 0 Å². The van der Waals surface area contributed by atoms with E-state index in [1.165, 1.54) is 18.7 Å². The molecule has 0 fully saturated rings. The number of ketones is 1. The predicted octanol–water partition coefficient (Wildman–Crippen LogP) is 4.21. The van der Waals surface area contributed by atoms with Crippen LogP contribution in [0.3, 0.4) is 0 Å². The molecule has 0 spiro atoms. The highest BCUT2D eigenvalue weighted by Gasteiger charge is 2.23. The molecule has 0 bridgehead atoms. The summed E-state index contributed by atoms with van der Waals surface area (Å²) in [6.07, 6.45) is 0.888. The standard InChI is InChI=1S/C23H27N5O2S/c1-5-20(27(3)4)22-25-26-23(28(22)19-9-7-6-8-10-19)31-15-21(30)24-18-13-11-17(12-14-18)16(2)29/h6-14,20H,5,15H2,1-4H3,(H,24,30)/t20-/m0/s1. The minimum atomic E-state index is -0.149. The van der Waals surface area contributed by atoms with E-state index in [1.54, 1.807) is 24.3 Å². The highest BCUT2D eigenvalue weighted by molar-refractivity contribution is 7.99. The number of para-hydroxylation sites is 1. The predicted molar refractivity (Wildman–Crippen MR) is 124 cm³/mol. The van der Waals surface area contributed by atoms with Crippen LogP contribution in [0.2, 0.25) is 0 Å². The van der Waals surface area contributed by atoms with E-state index in [2.05, 4.69) is 27.3 Å². The molecule has 0 unspecified atom stereocenters. The number of aromatic nitrogens is 3. The van der Waals surface area contributed by atoms with Gasteiger partial charge in [0.2, 0.25) is 5.91 Å². The molecule has 0 aliphatic heterocycles. The lowest BCUT2D eigenvalue weighted by atomic mass is 10.1. The molecule has 1 amide bonds. The Labute approximate surface area is 186 Å². The SMILES string of the molecule is CC[C@@H](c1nnc(SCC(=O)Nc2ccc(C(C)=O)cc2)n1-c1ccccc1)N(C)C. The van der Waals surface area contributed by atoms with E-state index < -0.39 is 0 Å². The zero-order valence-corrected chi connectivity index (χ0v) is 19.0. The van der Waals surface area contributed by atoms with Crippen LogP contribution in [0.1, 0.15) is 42.5 Å². The van der Waals surface area contributed by atoms with E-state index in [1.807, 2.05) is 49.0 Å². The summed E-state index contributed by atoms with van der Waals surface area (Å²) in [5.74, 6) is 0.886. The third kappa shape index (κ3) is 5.59. The summed E-state index contributed by atoms with van der Waals surface area (Å²) in [5, 5.41) is 12.4. The second-order valence-corrected chi connectivity index (χ2v) is 8.31. The molecule has 0 saturated carbocycles. The van der Waals surface area contributed by atoms with E-state index in [4.69, 9.17) is 0 Å². The quantitative estimate of drug-likeness (QED) is 0.399. The van der Waals surface area contributed by atoms with E-state index in [-0.39, 0.29) is 23.5 Å². The van der Waals surface area contributed by atoms with Gasteiger partial charge in [-0.1, -0.05) is 36.9 Å². The van der Waals surface area contributed by atoms with Gasteiger partial charge in [0.25, 0.3) is 0 Å². The highest BCUT2D eigenvalue weighted by atomic mass is 32.2. The van der Waals surface area contributed by atoms with Crippen LogP contribution in [0.25, 0.3) is 5.69 Å². The van der Waals surface area contributed by atoms with Crippen molar-refractivity contribution in [2.24, 2.45) is 0 Å². The van der Waals surface area contributed by atoms with Gasteiger partial charge in [0.15, 0.2) is 16.8 Å². The normalized spacial score (nSPS) is 12.0. The van der Waals surface area contributed by atoms with Crippen LogP contribution in [0.5, 0.6) is 0 Å². The average Bonchev–Trinajstić information content (AvgIpc) is 3.17. The van der Waals surface area contributed by atoms with Gasteiger partial charge < -0.3 is 5.32 Å². The molecule has 0 aliphatic rings. The largest absolute Gasteiger partial charge is 0.325 e. The number of rotatable bonds is 9. The second kappa shape index (κ2) is 10.4. The van der Waals surface area contributed by atoms with Crippen LogP contribution >= 0.6 is 11.8 Å². The fraction of sp³-hybridized carbons (Fsp3) is 0.304. The highest BCUT2D eigenvalue weighted by Crippen LogP contribution is 2.28. The van der Waals surface area contributed by atoms with Gasteiger partial charge in [0.05, 0.1) is 11.8 Å². The van der Waals surface area contributed by atoms with E-state index >= 15 is 0 Å². The average molecular weight is 438 g/mol.